The minimum Gasteiger partial charge on any atom is -0.469 e. The Kier molecular flexibility index (Phi) is 5.84. The van der Waals surface area contributed by atoms with Gasteiger partial charge in [-0.15, -0.1) is 0 Å². The molecule has 5 atom stereocenters. The van der Waals surface area contributed by atoms with Gasteiger partial charge < -0.3 is 9.84 Å². The molecule has 2 rings (SSSR count). The van der Waals surface area contributed by atoms with E-state index in [0.717, 1.165) is 19.3 Å². The minimum atomic E-state index is -0.262. The number of carbonyl (C=O) groups excluding carboxylic acids is 1. The molecule has 138 valence electrons. The summed E-state index contributed by atoms with van der Waals surface area (Å²) in [4.78, 5) is 11.5. The monoisotopic (exact) mass is 336 g/mol. The van der Waals surface area contributed by atoms with E-state index in [-0.39, 0.29) is 22.9 Å². The van der Waals surface area contributed by atoms with Gasteiger partial charge in [0.25, 0.3) is 0 Å². The van der Waals surface area contributed by atoms with Gasteiger partial charge in [0, 0.05) is 6.42 Å². The predicted molar refractivity (Wildman–Crippen MR) is 97.5 cm³/mol. The van der Waals surface area contributed by atoms with Crippen LogP contribution in [0.1, 0.15) is 72.6 Å². The third kappa shape index (κ3) is 3.71. The molecule has 2 fully saturated rings. The number of aliphatic hydroxyl groups excluding tert-OH is 1. The lowest BCUT2D eigenvalue weighted by atomic mass is 9.46. The van der Waals surface area contributed by atoms with Crippen molar-refractivity contribution in [1.82, 2.24) is 0 Å². The van der Waals surface area contributed by atoms with Gasteiger partial charge in [0.2, 0.25) is 0 Å². The van der Waals surface area contributed by atoms with Crippen molar-refractivity contribution in [3.05, 3.63) is 12.2 Å². The maximum Gasteiger partial charge on any atom is 0.305 e. The van der Waals surface area contributed by atoms with Crippen LogP contribution in [0.15, 0.2) is 12.2 Å². The van der Waals surface area contributed by atoms with Gasteiger partial charge in [-0.05, 0) is 60.7 Å². The first-order valence-electron chi connectivity index (χ1n) is 9.54. The Labute approximate surface area is 147 Å². The average molecular weight is 337 g/mol. The third-order valence-corrected chi connectivity index (χ3v) is 6.92. The van der Waals surface area contributed by atoms with Crippen molar-refractivity contribution < 1.29 is 14.6 Å². The SMILES string of the molecule is C=C1CC(O)C2C(C)(C)CCCC2(C)C1CCC(C)CC(=O)OC. The van der Waals surface area contributed by atoms with Crippen LogP contribution in [0.5, 0.6) is 0 Å². The highest BCUT2D eigenvalue weighted by Crippen LogP contribution is 2.61. The minimum absolute atomic E-state index is 0.122. The zero-order chi connectivity index (χ0) is 18.1. The van der Waals surface area contributed by atoms with Gasteiger partial charge in [0.1, 0.15) is 0 Å². The number of ether oxygens (including phenoxy) is 1. The first kappa shape index (κ1) is 19.5. The summed E-state index contributed by atoms with van der Waals surface area (Å²) in [6, 6.07) is 0. The number of methoxy groups -OCH3 is 1. The van der Waals surface area contributed by atoms with Gasteiger partial charge in [-0.3, -0.25) is 4.79 Å². The van der Waals surface area contributed by atoms with Crippen molar-refractivity contribution in [2.24, 2.45) is 28.6 Å². The van der Waals surface area contributed by atoms with Crippen LogP contribution in [-0.4, -0.2) is 24.3 Å². The van der Waals surface area contributed by atoms with Crippen molar-refractivity contribution >= 4 is 5.97 Å². The van der Waals surface area contributed by atoms with E-state index >= 15 is 0 Å². The molecule has 3 nitrogen and oxygen atoms in total. The van der Waals surface area contributed by atoms with Gasteiger partial charge in [-0.1, -0.05) is 46.3 Å². The van der Waals surface area contributed by atoms with Gasteiger partial charge in [-0.2, -0.15) is 0 Å². The lowest BCUT2D eigenvalue weighted by Crippen LogP contribution is -2.55. The molecule has 0 saturated heterocycles. The van der Waals surface area contributed by atoms with E-state index < -0.39 is 0 Å². The number of carbonyl (C=O) groups is 1. The summed E-state index contributed by atoms with van der Waals surface area (Å²) < 4.78 is 4.79. The van der Waals surface area contributed by atoms with Crippen molar-refractivity contribution in [1.29, 1.82) is 0 Å². The highest BCUT2D eigenvalue weighted by molar-refractivity contribution is 5.69. The van der Waals surface area contributed by atoms with Crippen LogP contribution in [0.2, 0.25) is 0 Å². The highest BCUT2D eigenvalue weighted by Gasteiger charge is 2.56. The summed E-state index contributed by atoms with van der Waals surface area (Å²) in [6.45, 7) is 13.5. The molecule has 2 aliphatic rings. The number of hydrogen-bond acceptors (Lipinski definition) is 3. The molecule has 2 saturated carbocycles. The van der Waals surface area contributed by atoms with E-state index in [1.807, 2.05) is 0 Å². The Bertz CT molecular complexity index is 481. The Balaban J connectivity index is 2.13. The number of esters is 1. The molecule has 0 aromatic rings. The second-order valence-electron chi connectivity index (χ2n) is 9.27. The Morgan fingerprint density at radius 2 is 2.04 bits per heavy atom. The zero-order valence-electron chi connectivity index (χ0n) is 16.2. The summed E-state index contributed by atoms with van der Waals surface area (Å²) in [7, 11) is 1.45. The highest BCUT2D eigenvalue weighted by atomic mass is 16.5. The van der Waals surface area contributed by atoms with Crippen molar-refractivity contribution in [2.45, 2.75) is 78.7 Å². The van der Waals surface area contributed by atoms with E-state index in [0.29, 0.717) is 24.2 Å². The van der Waals surface area contributed by atoms with Gasteiger partial charge in [-0.25, -0.2) is 0 Å². The predicted octanol–water partition coefficient (Wildman–Crippen LogP) is 4.74. The normalized spacial score (nSPS) is 36.8. The molecule has 0 aromatic heterocycles. The van der Waals surface area contributed by atoms with Crippen LogP contribution in [0, 0.1) is 28.6 Å². The van der Waals surface area contributed by atoms with E-state index in [1.54, 1.807) is 0 Å². The first-order chi connectivity index (χ1) is 11.1. The lowest BCUT2D eigenvalue weighted by Gasteiger charge is -2.59. The molecule has 0 spiro atoms. The largest absolute Gasteiger partial charge is 0.469 e. The van der Waals surface area contributed by atoms with Crippen molar-refractivity contribution in [2.75, 3.05) is 7.11 Å². The standard InChI is InChI=1S/C21H36O3/c1-14(12-18(23)24-6)8-9-16-15(2)13-17(22)19-20(3,4)10-7-11-21(16,19)5/h14,16-17,19,22H,2,7-13H2,1,3-6H3. The fourth-order valence-corrected chi connectivity index (χ4v) is 5.93. The number of aliphatic hydroxyl groups is 1. The molecule has 2 aliphatic carbocycles. The molecule has 0 bridgehead atoms. The van der Waals surface area contributed by atoms with Crippen LogP contribution in [-0.2, 0) is 9.53 Å². The second-order valence-corrected chi connectivity index (χ2v) is 9.27. The fraction of sp³-hybridized carbons (Fsp3) is 0.857. The van der Waals surface area contributed by atoms with E-state index in [1.165, 1.54) is 31.9 Å². The molecule has 0 aromatic carbocycles. The van der Waals surface area contributed by atoms with Crippen molar-refractivity contribution in [3.8, 4) is 0 Å². The molecule has 5 unspecified atom stereocenters. The Hall–Kier alpha value is -0.830. The number of hydrogen-bond donors (Lipinski definition) is 1. The molecule has 3 heteroatoms. The van der Waals surface area contributed by atoms with E-state index in [4.69, 9.17) is 4.74 Å². The first-order valence-corrected chi connectivity index (χ1v) is 9.54. The quantitative estimate of drug-likeness (QED) is 0.583. The van der Waals surface area contributed by atoms with Crippen LogP contribution >= 0.6 is 0 Å². The van der Waals surface area contributed by atoms with Crippen molar-refractivity contribution in [3.63, 3.8) is 0 Å². The third-order valence-electron chi connectivity index (χ3n) is 6.92. The number of rotatable bonds is 5. The van der Waals surface area contributed by atoms with Gasteiger partial charge in [0.15, 0.2) is 0 Å². The maximum atomic E-state index is 11.5. The molecule has 0 radical (unpaired) electrons. The summed E-state index contributed by atoms with van der Waals surface area (Å²) in [5.41, 5.74) is 1.52. The summed E-state index contributed by atoms with van der Waals surface area (Å²) in [6.07, 6.45) is 6.64. The molecule has 0 aliphatic heterocycles. The molecule has 1 N–H and O–H groups in total. The van der Waals surface area contributed by atoms with Crippen LogP contribution in [0.25, 0.3) is 0 Å². The molecular formula is C21H36O3. The summed E-state index contributed by atoms with van der Waals surface area (Å²) >= 11 is 0. The fourth-order valence-electron chi connectivity index (χ4n) is 5.93. The van der Waals surface area contributed by atoms with Gasteiger partial charge in [0.05, 0.1) is 13.2 Å². The van der Waals surface area contributed by atoms with Crippen LogP contribution in [0.3, 0.4) is 0 Å². The van der Waals surface area contributed by atoms with E-state index in [9.17, 15) is 9.90 Å². The molecule has 0 heterocycles. The smallest absolute Gasteiger partial charge is 0.305 e. The molecule has 24 heavy (non-hydrogen) atoms. The number of fused-ring (bicyclic) bond motifs is 1. The van der Waals surface area contributed by atoms with E-state index in [2.05, 4.69) is 34.3 Å². The molecule has 0 amide bonds. The average Bonchev–Trinajstić information content (AvgIpc) is 2.44. The zero-order valence-corrected chi connectivity index (χ0v) is 16.2. The summed E-state index contributed by atoms with van der Waals surface area (Å²) in [5.74, 6) is 0.995. The van der Waals surface area contributed by atoms with Crippen LogP contribution < -0.4 is 0 Å². The van der Waals surface area contributed by atoms with Gasteiger partial charge >= 0.3 is 5.97 Å². The second kappa shape index (κ2) is 7.19. The Morgan fingerprint density at radius 1 is 1.38 bits per heavy atom. The molecular weight excluding hydrogens is 300 g/mol. The Morgan fingerprint density at radius 3 is 2.67 bits per heavy atom. The lowest BCUT2D eigenvalue weighted by molar-refractivity contribution is -0.141. The topological polar surface area (TPSA) is 46.5 Å². The maximum absolute atomic E-state index is 11.5. The van der Waals surface area contributed by atoms with Crippen LogP contribution in [0.4, 0.5) is 0 Å². The summed E-state index contributed by atoms with van der Waals surface area (Å²) in [5, 5.41) is 10.8.